The van der Waals surface area contributed by atoms with Gasteiger partial charge in [0.2, 0.25) is 0 Å². The van der Waals surface area contributed by atoms with E-state index < -0.39 is 12.2 Å². The molecule has 4 unspecified atom stereocenters. The Bertz CT molecular complexity index is 214. The summed E-state index contributed by atoms with van der Waals surface area (Å²) in [5.41, 5.74) is 0. The van der Waals surface area contributed by atoms with Crippen LogP contribution >= 0.6 is 0 Å². The third-order valence-electron chi connectivity index (χ3n) is 2.25. The maximum absolute atomic E-state index is 10.5. The van der Waals surface area contributed by atoms with Crippen LogP contribution < -0.4 is 0 Å². The Morgan fingerprint density at radius 1 is 1.42 bits per heavy atom. The molecule has 3 N–H and O–H groups in total. The van der Waals surface area contributed by atoms with E-state index in [4.69, 9.17) is 15.3 Å². The molecule has 0 aromatic heterocycles. The molecule has 1 aliphatic rings. The van der Waals surface area contributed by atoms with Crippen molar-refractivity contribution < 1.29 is 90.3 Å². The molecule has 1 aliphatic heterocycles. The van der Waals surface area contributed by atoms with Crippen LogP contribution in [-0.4, -0.2) is 45.7 Å². The maximum Gasteiger partial charge on any atom is 0.306 e. The van der Waals surface area contributed by atoms with Crippen molar-refractivity contribution in [1.29, 1.82) is 0 Å². The molecule has 0 saturated carbocycles. The second-order valence-corrected chi connectivity index (χ2v) is 4.16. The summed E-state index contributed by atoms with van der Waals surface area (Å²) in [5.74, 6) is -0.353. The Morgan fingerprint density at radius 2 is 1.95 bits per heavy atom. The first-order valence-electron chi connectivity index (χ1n) is 5.75. The number of esters is 1. The van der Waals surface area contributed by atoms with Crippen molar-refractivity contribution in [3.05, 3.63) is 13.8 Å². The fourth-order valence-corrected chi connectivity index (χ4v) is 1.34. The van der Waals surface area contributed by atoms with Gasteiger partial charge in [0.05, 0.1) is 18.6 Å². The molecule has 108 valence electrons. The molecule has 0 bridgehead atoms. The maximum atomic E-state index is 10.5. The van der Waals surface area contributed by atoms with E-state index in [1.54, 1.807) is 0 Å². The van der Waals surface area contributed by atoms with Crippen molar-refractivity contribution in [2.75, 3.05) is 0 Å². The van der Waals surface area contributed by atoms with Crippen LogP contribution in [0.15, 0.2) is 0 Å². The first-order valence-corrected chi connectivity index (χ1v) is 5.75. The zero-order chi connectivity index (χ0) is 13.4. The molecule has 2 radical (unpaired) electrons. The van der Waals surface area contributed by atoms with Crippen molar-refractivity contribution in [3.63, 3.8) is 0 Å². The van der Waals surface area contributed by atoms with Gasteiger partial charge in [-0.3, -0.25) is 4.79 Å². The van der Waals surface area contributed by atoms with Crippen molar-refractivity contribution in [2.45, 2.75) is 57.0 Å². The van der Waals surface area contributed by atoms with Crippen LogP contribution in [0.4, 0.5) is 0 Å². The van der Waals surface area contributed by atoms with Gasteiger partial charge < -0.3 is 33.9 Å². The van der Waals surface area contributed by atoms with Crippen LogP contribution in [0, 0.1) is 13.8 Å². The summed E-state index contributed by atoms with van der Waals surface area (Å²) in [5, 5.41) is 26.3. The first kappa shape index (κ1) is 25.5. The Balaban J connectivity index is -0.000000246. The predicted octanol–water partition coefficient (Wildman–Crippen LogP) is 0.224. The minimum absolute atomic E-state index is 0. The van der Waals surface area contributed by atoms with E-state index in [2.05, 4.69) is 18.6 Å². The number of hydrogen-bond donors (Lipinski definition) is 3. The Labute approximate surface area is 165 Å². The van der Waals surface area contributed by atoms with E-state index in [0.717, 1.165) is 0 Å². The van der Waals surface area contributed by atoms with Gasteiger partial charge in [0.25, 0.3) is 0 Å². The SMILES string of the molecule is [CH2-]C(O)CC(O)CC.[CH2-]C1CC(O)CC(=O)O1.[Y].[Y]. The first-order chi connectivity index (χ1) is 7.85. The van der Waals surface area contributed by atoms with Crippen LogP contribution in [-0.2, 0) is 74.9 Å². The summed E-state index contributed by atoms with van der Waals surface area (Å²) in [7, 11) is 0. The van der Waals surface area contributed by atoms with Crippen LogP contribution in [0.3, 0.4) is 0 Å². The molecule has 7 heteroatoms. The standard InChI is InChI=1S/C6H9O3.C6H13O2.2Y/c1-4-2-5(7)3-6(8)9-4;1-3-6(8)4-5(2)7;;/h4-5,7H,1-3H2;5-8H,2-4H2,1H3;;/q2*-1;;. The summed E-state index contributed by atoms with van der Waals surface area (Å²) >= 11 is 0. The molecule has 4 atom stereocenters. The fraction of sp³-hybridized carbons (Fsp3) is 0.750. The molecule has 0 aliphatic carbocycles. The van der Waals surface area contributed by atoms with E-state index in [1.807, 2.05) is 6.92 Å². The quantitative estimate of drug-likeness (QED) is 0.446. The normalized spacial score (nSPS) is 24.6. The van der Waals surface area contributed by atoms with Crippen molar-refractivity contribution in [2.24, 2.45) is 0 Å². The van der Waals surface area contributed by atoms with Crippen LogP contribution in [0.5, 0.6) is 0 Å². The number of aliphatic hydroxyl groups excluding tert-OH is 3. The molecular weight excluding hydrogens is 402 g/mol. The number of cyclic esters (lactones) is 1. The molecule has 0 amide bonds. The molecule has 0 aromatic rings. The molecule has 0 spiro atoms. The van der Waals surface area contributed by atoms with Gasteiger partial charge in [-0.05, 0) is 25.4 Å². The zero-order valence-electron chi connectivity index (χ0n) is 11.4. The molecule has 1 saturated heterocycles. The number of aliphatic hydroxyl groups is 3. The number of carbonyl (C=O) groups is 1. The van der Waals surface area contributed by atoms with Gasteiger partial charge in [-0.2, -0.15) is 0 Å². The Morgan fingerprint density at radius 3 is 2.21 bits per heavy atom. The monoisotopic (exact) mass is 424 g/mol. The second-order valence-electron chi connectivity index (χ2n) is 4.16. The summed E-state index contributed by atoms with van der Waals surface area (Å²) in [6, 6.07) is 0. The molecular formula is C12H22O5Y2-2. The van der Waals surface area contributed by atoms with Gasteiger partial charge >= 0.3 is 5.97 Å². The largest absolute Gasteiger partial charge is 0.495 e. The molecule has 0 aromatic carbocycles. The third kappa shape index (κ3) is 15.8. The summed E-state index contributed by atoms with van der Waals surface area (Å²) in [4.78, 5) is 10.5. The van der Waals surface area contributed by atoms with E-state index in [0.29, 0.717) is 19.3 Å². The van der Waals surface area contributed by atoms with Gasteiger partial charge in [-0.25, -0.2) is 0 Å². The smallest absolute Gasteiger partial charge is 0.306 e. The third-order valence-corrected chi connectivity index (χ3v) is 2.25. The van der Waals surface area contributed by atoms with Gasteiger partial charge in [0, 0.05) is 65.4 Å². The minimum Gasteiger partial charge on any atom is -0.495 e. The predicted molar refractivity (Wildman–Crippen MR) is 62.8 cm³/mol. The van der Waals surface area contributed by atoms with E-state index >= 15 is 0 Å². The average molecular weight is 424 g/mol. The van der Waals surface area contributed by atoms with Crippen LogP contribution in [0.2, 0.25) is 0 Å². The van der Waals surface area contributed by atoms with Crippen molar-refractivity contribution in [3.8, 4) is 0 Å². The molecule has 1 rings (SSSR count). The van der Waals surface area contributed by atoms with Crippen LogP contribution in [0.25, 0.3) is 0 Å². The van der Waals surface area contributed by atoms with Crippen LogP contribution in [0.1, 0.15) is 32.6 Å². The van der Waals surface area contributed by atoms with E-state index in [1.165, 1.54) is 0 Å². The average Bonchev–Trinajstić information content (AvgIpc) is 2.15. The van der Waals surface area contributed by atoms with Crippen molar-refractivity contribution >= 4 is 5.97 Å². The van der Waals surface area contributed by atoms with Crippen molar-refractivity contribution in [1.82, 2.24) is 0 Å². The van der Waals surface area contributed by atoms with Gasteiger partial charge in [0.15, 0.2) is 0 Å². The van der Waals surface area contributed by atoms with Gasteiger partial charge in [0.1, 0.15) is 0 Å². The van der Waals surface area contributed by atoms with E-state index in [9.17, 15) is 4.79 Å². The van der Waals surface area contributed by atoms with Gasteiger partial charge in [-0.1, -0.05) is 13.0 Å². The Kier molecular flexibility index (Phi) is 19.5. The van der Waals surface area contributed by atoms with E-state index in [-0.39, 0.29) is 90.0 Å². The summed E-state index contributed by atoms with van der Waals surface area (Å²) in [6.45, 7) is 8.69. The fourth-order valence-electron chi connectivity index (χ4n) is 1.34. The topological polar surface area (TPSA) is 87.0 Å². The summed E-state index contributed by atoms with van der Waals surface area (Å²) < 4.78 is 4.65. The molecule has 1 fully saturated rings. The molecule has 5 nitrogen and oxygen atoms in total. The number of carbonyl (C=O) groups excluding carboxylic acids is 1. The summed E-state index contributed by atoms with van der Waals surface area (Å²) in [6.07, 6.45) is -0.261. The second kappa shape index (κ2) is 14.5. The number of ether oxygens (including phenoxy) is 1. The van der Waals surface area contributed by atoms with Gasteiger partial charge in [-0.15, -0.1) is 0 Å². The molecule has 1 heterocycles. The number of hydrogen-bond acceptors (Lipinski definition) is 5. The zero-order valence-corrected chi connectivity index (χ0v) is 17.0. The minimum atomic E-state index is -0.620. The molecule has 19 heavy (non-hydrogen) atoms. The Hall–Kier alpha value is 1.56. The number of rotatable bonds is 3.